The largest absolute Gasteiger partial charge is 0.383 e. The van der Waals surface area contributed by atoms with Gasteiger partial charge in [0.2, 0.25) is 0 Å². The van der Waals surface area contributed by atoms with Crippen LogP contribution in [0.2, 0.25) is 0 Å². The molecule has 1 N–H and O–H groups in total. The molecule has 0 spiro atoms. The second-order valence-electron chi connectivity index (χ2n) is 4.74. The molecule has 0 radical (unpaired) electrons. The SMILES string of the molecule is CCC1CCCCC1CCNCCOC. The number of hydrogen-bond acceptors (Lipinski definition) is 2. The molecule has 1 saturated carbocycles. The fraction of sp³-hybridized carbons (Fsp3) is 1.00. The highest BCUT2D eigenvalue weighted by molar-refractivity contribution is 4.75. The zero-order valence-corrected chi connectivity index (χ0v) is 10.4. The molecule has 0 aliphatic heterocycles. The minimum absolute atomic E-state index is 0.835. The van der Waals surface area contributed by atoms with Gasteiger partial charge in [-0.05, 0) is 24.8 Å². The van der Waals surface area contributed by atoms with E-state index in [2.05, 4.69) is 12.2 Å². The Labute approximate surface area is 94.8 Å². The van der Waals surface area contributed by atoms with E-state index in [1.807, 2.05) is 0 Å². The summed E-state index contributed by atoms with van der Waals surface area (Å²) in [5, 5.41) is 3.45. The summed E-state index contributed by atoms with van der Waals surface area (Å²) in [6.45, 7) is 5.35. The molecule has 0 heterocycles. The van der Waals surface area contributed by atoms with Gasteiger partial charge in [-0.2, -0.15) is 0 Å². The Hall–Kier alpha value is -0.0800. The van der Waals surface area contributed by atoms with E-state index in [9.17, 15) is 0 Å². The van der Waals surface area contributed by atoms with Crippen LogP contribution in [0.4, 0.5) is 0 Å². The number of hydrogen-bond donors (Lipinski definition) is 1. The Morgan fingerprint density at radius 3 is 2.53 bits per heavy atom. The van der Waals surface area contributed by atoms with E-state index in [0.29, 0.717) is 0 Å². The van der Waals surface area contributed by atoms with Crippen molar-refractivity contribution in [2.75, 3.05) is 26.8 Å². The van der Waals surface area contributed by atoms with Crippen LogP contribution in [0.1, 0.15) is 45.4 Å². The smallest absolute Gasteiger partial charge is 0.0587 e. The summed E-state index contributed by atoms with van der Waals surface area (Å²) in [7, 11) is 1.76. The monoisotopic (exact) mass is 213 g/mol. The predicted molar refractivity (Wildman–Crippen MR) is 65.1 cm³/mol. The number of rotatable bonds is 7. The molecule has 1 aliphatic rings. The van der Waals surface area contributed by atoms with E-state index >= 15 is 0 Å². The normalized spacial score (nSPS) is 26.8. The van der Waals surface area contributed by atoms with Gasteiger partial charge in [0, 0.05) is 13.7 Å². The molecule has 1 rings (SSSR count). The minimum atomic E-state index is 0.835. The summed E-state index contributed by atoms with van der Waals surface area (Å²) >= 11 is 0. The molecular formula is C13H27NO. The highest BCUT2D eigenvalue weighted by atomic mass is 16.5. The molecule has 0 aromatic heterocycles. The van der Waals surface area contributed by atoms with Crippen molar-refractivity contribution >= 4 is 0 Å². The van der Waals surface area contributed by atoms with Crippen molar-refractivity contribution in [1.29, 1.82) is 0 Å². The van der Waals surface area contributed by atoms with Crippen LogP contribution < -0.4 is 5.32 Å². The van der Waals surface area contributed by atoms with E-state index in [0.717, 1.165) is 25.0 Å². The van der Waals surface area contributed by atoms with Crippen LogP contribution in [0.15, 0.2) is 0 Å². The fourth-order valence-corrected chi connectivity index (χ4v) is 2.79. The van der Waals surface area contributed by atoms with Gasteiger partial charge in [0.1, 0.15) is 0 Å². The van der Waals surface area contributed by atoms with Gasteiger partial charge in [-0.15, -0.1) is 0 Å². The first-order valence-electron chi connectivity index (χ1n) is 6.58. The third kappa shape index (κ3) is 4.98. The first kappa shape index (κ1) is 13.0. The molecular weight excluding hydrogens is 186 g/mol. The van der Waals surface area contributed by atoms with Crippen molar-refractivity contribution in [2.24, 2.45) is 11.8 Å². The molecule has 0 amide bonds. The van der Waals surface area contributed by atoms with Crippen LogP contribution in [0.25, 0.3) is 0 Å². The van der Waals surface area contributed by atoms with E-state index in [1.54, 1.807) is 7.11 Å². The predicted octanol–water partition coefficient (Wildman–Crippen LogP) is 2.83. The van der Waals surface area contributed by atoms with Crippen LogP contribution in [-0.4, -0.2) is 26.8 Å². The zero-order valence-electron chi connectivity index (χ0n) is 10.4. The third-order valence-electron chi connectivity index (χ3n) is 3.77. The second kappa shape index (κ2) is 8.12. The lowest BCUT2D eigenvalue weighted by atomic mass is 9.76. The van der Waals surface area contributed by atoms with Crippen molar-refractivity contribution in [3.63, 3.8) is 0 Å². The molecule has 2 atom stereocenters. The summed E-state index contributed by atoms with van der Waals surface area (Å²) < 4.78 is 5.01. The maximum Gasteiger partial charge on any atom is 0.0587 e. The highest BCUT2D eigenvalue weighted by Crippen LogP contribution is 2.33. The van der Waals surface area contributed by atoms with Crippen molar-refractivity contribution in [3.8, 4) is 0 Å². The van der Waals surface area contributed by atoms with Gasteiger partial charge in [0.25, 0.3) is 0 Å². The van der Waals surface area contributed by atoms with Crippen LogP contribution in [0, 0.1) is 11.8 Å². The molecule has 0 bridgehead atoms. The molecule has 90 valence electrons. The zero-order chi connectivity index (χ0) is 10.9. The molecule has 0 aromatic rings. The summed E-state index contributed by atoms with van der Waals surface area (Å²) in [5.41, 5.74) is 0. The van der Waals surface area contributed by atoms with Gasteiger partial charge < -0.3 is 10.1 Å². The Morgan fingerprint density at radius 2 is 1.87 bits per heavy atom. The van der Waals surface area contributed by atoms with Gasteiger partial charge in [0.05, 0.1) is 6.61 Å². The average molecular weight is 213 g/mol. The van der Waals surface area contributed by atoms with Crippen molar-refractivity contribution in [1.82, 2.24) is 5.32 Å². The lowest BCUT2D eigenvalue weighted by Gasteiger charge is -2.30. The standard InChI is InChI=1S/C13H27NO/c1-3-12-6-4-5-7-13(12)8-9-14-10-11-15-2/h12-14H,3-11H2,1-2H3. The van der Waals surface area contributed by atoms with E-state index in [1.165, 1.54) is 45.1 Å². The Bertz CT molecular complexity index is 149. The molecule has 2 unspecified atom stereocenters. The second-order valence-corrected chi connectivity index (χ2v) is 4.74. The van der Waals surface area contributed by atoms with Crippen molar-refractivity contribution in [2.45, 2.75) is 45.4 Å². The Balaban J connectivity index is 2.07. The summed E-state index contributed by atoms with van der Waals surface area (Å²) in [4.78, 5) is 0. The number of nitrogens with one attached hydrogen (secondary N) is 1. The van der Waals surface area contributed by atoms with E-state index < -0.39 is 0 Å². The van der Waals surface area contributed by atoms with Crippen LogP contribution in [0.5, 0.6) is 0 Å². The molecule has 15 heavy (non-hydrogen) atoms. The van der Waals surface area contributed by atoms with Gasteiger partial charge in [-0.25, -0.2) is 0 Å². The van der Waals surface area contributed by atoms with E-state index in [4.69, 9.17) is 4.74 Å². The van der Waals surface area contributed by atoms with Crippen molar-refractivity contribution in [3.05, 3.63) is 0 Å². The number of methoxy groups -OCH3 is 1. The average Bonchev–Trinajstić information content (AvgIpc) is 2.29. The van der Waals surface area contributed by atoms with Gasteiger partial charge in [-0.3, -0.25) is 0 Å². The Kier molecular flexibility index (Phi) is 7.03. The maximum atomic E-state index is 5.01. The first-order chi connectivity index (χ1) is 7.38. The lowest BCUT2D eigenvalue weighted by Crippen LogP contribution is -2.26. The molecule has 2 heteroatoms. The maximum absolute atomic E-state index is 5.01. The quantitative estimate of drug-likeness (QED) is 0.657. The van der Waals surface area contributed by atoms with Gasteiger partial charge in [-0.1, -0.05) is 39.0 Å². The molecule has 0 aromatic carbocycles. The highest BCUT2D eigenvalue weighted by Gasteiger charge is 2.22. The van der Waals surface area contributed by atoms with E-state index in [-0.39, 0.29) is 0 Å². The van der Waals surface area contributed by atoms with Crippen LogP contribution >= 0.6 is 0 Å². The molecule has 0 saturated heterocycles. The van der Waals surface area contributed by atoms with Gasteiger partial charge >= 0.3 is 0 Å². The van der Waals surface area contributed by atoms with Crippen molar-refractivity contribution < 1.29 is 4.74 Å². The molecule has 1 aliphatic carbocycles. The molecule has 2 nitrogen and oxygen atoms in total. The topological polar surface area (TPSA) is 21.3 Å². The first-order valence-corrected chi connectivity index (χ1v) is 6.58. The Morgan fingerprint density at radius 1 is 1.13 bits per heavy atom. The summed E-state index contributed by atoms with van der Waals surface area (Å²) in [5.74, 6) is 1.99. The third-order valence-corrected chi connectivity index (χ3v) is 3.77. The lowest BCUT2D eigenvalue weighted by molar-refractivity contribution is 0.192. The summed E-state index contributed by atoms with van der Waals surface area (Å²) in [6, 6.07) is 0. The minimum Gasteiger partial charge on any atom is -0.383 e. The van der Waals surface area contributed by atoms with Crippen LogP contribution in [0.3, 0.4) is 0 Å². The fourth-order valence-electron chi connectivity index (χ4n) is 2.79. The molecule has 1 fully saturated rings. The van der Waals surface area contributed by atoms with Crippen LogP contribution in [-0.2, 0) is 4.74 Å². The number of ether oxygens (including phenoxy) is 1. The van der Waals surface area contributed by atoms with Gasteiger partial charge in [0.15, 0.2) is 0 Å². The summed E-state index contributed by atoms with van der Waals surface area (Å²) in [6.07, 6.45) is 8.60.